The van der Waals surface area contributed by atoms with Gasteiger partial charge in [0.25, 0.3) is 11.6 Å². The van der Waals surface area contributed by atoms with Crippen molar-refractivity contribution in [3.8, 4) is 5.75 Å². The molecule has 0 radical (unpaired) electrons. The second kappa shape index (κ2) is 7.60. The first-order chi connectivity index (χ1) is 11.0. The van der Waals surface area contributed by atoms with Gasteiger partial charge in [-0.2, -0.15) is 0 Å². The first kappa shape index (κ1) is 16.8. The van der Waals surface area contributed by atoms with Crippen LogP contribution in [0.4, 0.5) is 11.4 Å². The van der Waals surface area contributed by atoms with Gasteiger partial charge in [-0.05, 0) is 36.8 Å². The van der Waals surface area contributed by atoms with Gasteiger partial charge >= 0.3 is 0 Å². The van der Waals surface area contributed by atoms with Gasteiger partial charge in [-0.3, -0.25) is 14.9 Å². The van der Waals surface area contributed by atoms with Gasteiger partial charge in [0.1, 0.15) is 5.75 Å². The molecule has 120 valence electrons. The van der Waals surface area contributed by atoms with Crippen LogP contribution in [0.1, 0.15) is 13.3 Å². The molecule has 0 aromatic heterocycles. The summed E-state index contributed by atoms with van der Waals surface area (Å²) >= 11 is 5.80. The third kappa shape index (κ3) is 4.69. The summed E-state index contributed by atoms with van der Waals surface area (Å²) in [6.07, 6.45) is -0.265. The third-order valence-electron chi connectivity index (χ3n) is 3.08. The van der Waals surface area contributed by atoms with E-state index < -0.39 is 11.0 Å². The zero-order valence-electron chi connectivity index (χ0n) is 12.4. The summed E-state index contributed by atoms with van der Waals surface area (Å²) in [5, 5.41) is 14.0. The Kier molecular flexibility index (Phi) is 5.54. The van der Waals surface area contributed by atoms with Crippen molar-refractivity contribution in [2.45, 2.75) is 19.4 Å². The molecule has 23 heavy (non-hydrogen) atoms. The molecule has 0 saturated carbocycles. The number of amides is 1. The molecule has 0 unspecified atom stereocenters. The average Bonchev–Trinajstić information content (AvgIpc) is 2.54. The maximum absolute atomic E-state index is 12.3. The SMILES string of the molecule is CC[C@@H](Oc1ccc(Cl)cc1)C(=O)Nc1cccc([N+](=O)[O-])c1. The lowest BCUT2D eigenvalue weighted by Gasteiger charge is -2.17. The summed E-state index contributed by atoms with van der Waals surface area (Å²) in [6.45, 7) is 1.81. The predicted molar refractivity (Wildman–Crippen MR) is 87.9 cm³/mol. The smallest absolute Gasteiger partial charge is 0.271 e. The first-order valence-corrected chi connectivity index (χ1v) is 7.35. The lowest BCUT2D eigenvalue weighted by molar-refractivity contribution is -0.384. The molecule has 0 fully saturated rings. The number of halogens is 1. The number of rotatable bonds is 6. The summed E-state index contributed by atoms with van der Waals surface area (Å²) in [6, 6.07) is 12.4. The number of ether oxygens (including phenoxy) is 1. The Hall–Kier alpha value is -2.60. The molecule has 0 aliphatic heterocycles. The number of benzene rings is 2. The van der Waals surface area contributed by atoms with E-state index in [1.165, 1.54) is 18.2 Å². The van der Waals surface area contributed by atoms with Gasteiger partial charge in [0.05, 0.1) is 4.92 Å². The molecule has 1 atom stereocenters. The van der Waals surface area contributed by atoms with Crippen LogP contribution in [0.25, 0.3) is 0 Å². The Labute approximate surface area is 138 Å². The van der Waals surface area contributed by atoms with Crippen molar-refractivity contribution in [1.29, 1.82) is 0 Å². The van der Waals surface area contributed by atoms with E-state index in [4.69, 9.17) is 16.3 Å². The first-order valence-electron chi connectivity index (χ1n) is 6.97. The predicted octanol–water partition coefficient (Wildman–Crippen LogP) is 4.04. The minimum Gasteiger partial charge on any atom is -0.481 e. The molecule has 2 rings (SSSR count). The number of carbonyl (C=O) groups excluding carboxylic acids is 1. The highest BCUT2D eigenvalue weighted by Crippen LogP contribution is 2.20. The zero-order valence-corrected chi connectivity index (χ0v) is 13.1. The molecule has 0 aliphatic rings. The molecule has 2 aromatic carbocycles. The highest BCUT2D eigenvalue weighted by atomic mass is 35.5. The van der Waals surface area contributed by atoms with E-state index in [0.29, 0.717) is 22.9 Å². The summed E-state index contributed by atoms with van der Waals surface area (Å²) in [4.78, 5) is 22.5. The van der Waals surface area contributed by atoms with Gasteiger partial charge in [-0.1, -0.05) is 24.6 Å². The fourth-order valence-corrected chi connectivity index (χ4v) is 2.05. The molecule has 1 amide bonds. The standard InChI is InChI=1S/C16H15ClN2O4/c1-2-15(23-14-8-6-11(17)7-9-14)16(20)18-12-4-3-5-13(10-12)19(21)22/h3-10,15H,2H2,1H3,(H,18,20)/t15-/m1/s1. The molecule has 2 aromatic rings. The number of nitro benzene ring substituents is 1. The summed E-state index contributed by atoms with van der Waals surface area (Å²) in [5.41, 5.74) is 0.261. The minimum atomic E-state index is -0.713. The van der Waals surface area contributed by atoms with Crippen molar-refractivity contribution in [2.24, 2.45) is 0 Å². The lowest BCUT2D eigenvalue weighted by atomic mass is 10.2. The third-order valence-corrected chi connectivity index (χ3v) is 3.33. The van der Waals surface area contributed by atoms with Crippen molar-refractivity contribution in [3.63, 3.8) is 0 Å². The highest BCUT2D eigenvalue weighted by Gasteiger charge is 2.19. The maximum Gasteiger partial charge on any atom is 0.271 e. The van der Waals surface area contributed by atoms with Crippen LogP contribution in [0.2, 0.25) is 5.02 Å². The van der Waals surface area contributed by atoms with Crippen LogP contribution in [0.15, 0.2) is 48.5 Å². The lowest BCUT2D eigenvalue weighted by Crippen LogP contribution is -2.32. The van der Waals surface area contributed by atoms with Gasteiger partial charge in [0.15, 0.2) is 6.10 Å². The molecule has 0 spiro atoms. The normalized spacial score (nSPS) is 11.6. The van der Waals surface area contributed by atoms with Gasteiger partial charge in [0, 0.05) is 22.8 Å². The van der Waals surface area contributed by atoms with E-state index in [2.05, 4.69) is 5.32 Å². The van der Waals surface area contributed by atoms with E-state index in [0.717, 1.165) is 0 Å². The van der Waals surface area contributed by atoms with E-state index in [-0.39, 0.29) is 11.6 Å². The largest absolute Gasteiger partial charge is 0.481 e. The molecule has 7 heteroatoms. The van der Waals surface area contributed by atoms with Crippen LogP contribution in [0.3, 0.4) is 0 Å². The van der Waals surface area contributed by atoms with Crippen molar-refractivity contribution < 1.29 is 14.5 Å². The molecular weight excluding hydrogens is 320 g/mol. The summed E-state index contributed by atoms with van der Waals surface area (Å²) in [7, 11) is 0. The van der Waals surface area contributed by atoms with Crippen LogP contribution >= 0.6 is 11.6 Å². The molecule has 1 N–H and O–H groups in total. The molecule has 0 aliphatic carbocycles. The minimum absolute atomic E-state index is 0.0885. The fraction of sp³-hybridized carbons (Fsp3) is 0.188. The number of nitrogens with zero attached hydrogens (tertiary/aromatic N) is 1. The van der Waals surface area contributed by atoms with Crippen LogP contribution in [-0.4, -0.2) is 16.9 Å². The van der Waals surface area contributed by atoms with E-state index in [9.17, 15) is 14.9 Å². The maximum atomic E-state index is 12.3. The fourth-order valence-electron chi connectivity index (χ4n) is 1.92. The van der Waals surface area contributed by atoms with Crippen molar-refractivity contribution >= 4 is 28.9 Å². The second-order valence-electron chi connectivity index (χ2n) is 4.77. The molecule has 0 saturated heterocycles. The Morgan fingerprint density at radius 2 is 2.00 bits per heavy atom. The monoisotopic (exact) mass is 334 g/mol. The number of nitrogens with one attached hydrogen (secondary N) is 1. The molecular formula is C16H15ClN2O4. The number of hydrogen-bond donors (Lipinski definition) is 1. The van der Waals surface area contributed by atoms with Gasteiger partial charge < -0.3 is 10.1 Å². The second-order valence-corrected chi connectivity index (χ2v) is 5.20. The topological polar surface area (TPSA) is 81.5 Å². The molecule has 6 nitrogen and oxygen atoms in total. The van der Waals surface area contributed by atoms with E-state index in [1.54, 1.807) is 30.3 Å². The number of hydrogen-bond acceptors (Lipinski definition) is 4. The van der Waals surface area contributed by atoms with Gasteiger partial charge in [-0.15, -0.1) is 0 Å². The highest BCUT2D eigenvalue weighted by molar-refractivity contribution is 6.30. The number of non-ortho nitro benzene ring substituents is 1. The van der Waals surface area contributed by atoms with Gasteiger partial charge in [-0.25, -0.2) is 0 Å². The summed E-state index contributed by atoms with van der Waals surface area (Å²) in [5.74, 6) is 0.151. The van der Waals surface area contributed by atoms with Crippen LogP contribution < -0.4 is 10.1 Å². The number of nitro groups is 1. The van der Waals surface area contributed by atoms with Crippen molar-refractivity contribution in [2.75, 3.05) is 5.32 Å². The molecule has 0 heterocycles. The average molecular weight is 335 g/mol. The van der Waals surface area contributed by atoms with Crippen LogP contribution in [-0.2, 0) is 4.79 Å². The molecule has 0 bridgehead atoms. The van der Waals surface area contributed by atoms with Crippen LogP contribution in [0, 0.1) is 10.1 Å². The van der Waals surface area contributed by atoms with E-state index >= 15 is 0 Å². The zero-order chi connectivity index (χ0) is 16.8. The van der Waals surface area contributed by atoms with Crippen molar-refractivity contribution in [1.82, 2.24) is 0 Å². The number of carbonyl (C=O) groups is 1. The quantitative estimate of drug-likeness (QED) is 0.638. The number of anilines is 1. The summed E-state index contributed by atoms with van der Waals surface area (Å²) < 4.78 is 5.63. The Morgan fingerprint density at radius 3 is 2.61 bits per heavy atom. The van der Waals surface area contributed by atoms with E-state index in [1.807, 2.05) is 6.92 Å². The van der Waals surface area contributed by atoms with Gasteiger partial charge in [0.2, 0.25) is 0 Å². The Morgan fingerprint density at radius 1 is 1.30 bits per heavy atom. The van der Waals surface area contributed by atoms with Crippen LogP contribution in [0.5, 0.6) is 5.75 Å². The Bertz CT molecular complexity index is 703. The van der Waals surface area contributed by atoms with Crippen molar-refractivity contribution in [3.05, 3.63) is 63.7 Å². The Balaban J connectivity index is 2.06.